The number of aromatic nitrogens is 3. The van der Waals surface area contributed by atoms with Crippen molar-refractivity contribution in [3.05, 3.63) is 261 Å². The van der Waals surface area contributed by atoms with Crippen LogP contribution in [-0.4, -0.2) is 22.6 Å². The maximum atomic E-state index is 5.59. The van der Waals surface area contributed by atoms with Gasteiger partial charge in [0.25, 0.3) is 0 Å². The zero-order chi connectivity index (χ0) is 45.7. The molecule has 324 valence electrons. The molecule has 0 unspecified atom stereocenters. The first kappa shape index (κ1) is 40.8. The van der Waals surface area contributed by atoms with Gasteiger partial charge in [-0.1, -0.05) is 224 Å². The number of benzene rings is 10. The Morgan fingerprint density at radius 2 is 0.710 bits per heavy atom. The maximum absolute atomic E-state index is 5.59. The lowest BCUT2D eigenvalue weighted by Crippen LogP contribution is -2.74. The number of rotatable bonds is 9. The van der Waals surface area contributed by atoms with Crippen molar-refractivity contribution in [3.8, 4) is 50.7 Å². The van der Waals surface area contributed by atoms with E-state index in [1.54, 1.807) is 0 Å². The standard InChI is InChI=1S/C64H43N3SSi/c1-4-19-44(20-5-1)46-23-16-28-51(39-46)69(50-26-8-3-9-27-50,52-29-17-24-47(40-52)45-21-6-2-7-22-45)53-30-18-25-48(41-53)58-43-59(49-37-38-63-57(42-49)56-33-12-15-36-62(56)68-63)66-64(65-58)67-60-34-13-10-31-54(60)55-32-11-14-35-61(55)67/h1-43H. The summed E-state index contributed by atoms with van der Waals surface area (Å²) in [6.45, 7) is 0. The molecule has 0 saturated carbocycles. The smallest absolute Gasteiger partial charge is 0.235 e. The van der Waals surface area contributed by atoms with Crippen LogP contribution in [0.4, 0.5) is 0 Å². The summed E-state index contributed by atoms with van der Waals surface area (Å²) in [5, 5.41) is 10.0. The predicted molar refractivity (Wildman–Crippen MR) is 295 cm³/mol. The SMILES string of the molecule is c1ccc(-c2cccc([Si](c3ccccc3)(c3cccc(-c4ccccc4)c3)c3cccc(-c4cc(-c5ccc6sc7ccccc7c6c5)nc(-n5c6ccccc6c6ccccc65)n4)c3)c2)cc1. The van der Waals surface area contributed by atoms with Gasteiger partial charge in [0.05, 0.1) is 22.4 Å². The van der Waals surface area contributed by atoms with Crippen molar-refractivity contribution >= 4 is 82.1 Å². The molecule has 3 nitrogen and oxygen atoms in total. The Hall–Kier alpha value is -8.48. The Labute approximate surface area is 405 Å². The Morgan fingerprint density at radius 1 is 0.290 bits per heavy atom. The minimum absolute atomic E-state index is 0.637. The number of fused-ring (bicyclic) bond motifs is 6. The van der Waals surface area contributed by atoms with Gasteiger partial charge in [-0.05, 0) is 79.4 Å². The van der Waals surface area contributed by atoms with Crippen molar-refractivity contribution in [1.29, 1.82) is 0 Å². The average molecular weight is 914 g/mol. The second-order valence-electron chi connectivity index (χ2n) is 17.7. The highest BCUT2D eigenvalue weighted by atomic mass is 32.1. The van der Waals surface area contributed by atoms with Gasteiger partial charge in [0.1, 0.15) is 0 Å². The summed E-state index contributed by atoms with van der Waals surface area (Å²) in [5.74, 6) is 0.637. The highest BCUT2D eigenvalue weighted by Crippen LogP contribution is 2.38. The Bertz CT molecular complexity index is 3890. The van der Waals surface area contributed by atoms with E-state index in [1.165, 1.54) is 73.9 Å². The van der Waals surface area contributed by atoms with Crippen molar-refractivity contribution in [1.82, 2.24) is 14.5 Å². The molecule has 13 aromatic rings. The van der Waals surface area contributed by atoms with Crippen molar-refractivity contribution in [3.63, 3.8) is 0 Å². The summed E-state index contributed by atoms with van der Waals surface area (Å²) >= 11 is 1.83. The number of hydrogen-bond donors (Lipinski definition) is 0. The van der Waals surface area contributed by atoms with Gasteiger partial charge >= 0.3 is 0 Å². The minimum Gasteiger partial charge on any atom is -0.278 e. The van der Waals surface area contributed by atoms with Crippen molar-refractivity contribution in [2.75, 3.05) is 0 Å². The van der Waals surface area contributed by atoms with E-state index in [2.05, 4.69) is 265 Å². The van der Waals surface area contributed by atoms with Crippen LogP contribution in [0.5, 0.6) is 0 Å². The van der Waals surface area contributed by atoms with E-state index >= 15 is 0 Å². The molecule has 3 heterocycles. The van der Waals surface area contributed by atoms with E-state index < -0.39 is 8.07 Å². The number of thiophene rings is 1. The fourth-order valence-corrected chi connectivity index (χ4v) is 16.5. The van der Waals surface area contributed by atoms with Crippen molar-refractivity contribution < 1.29 is 0 Å². The van der Waals surface area contributed by atoms with Crippen molar-refractivity contribution in [2.45, 2.75) is 0 Å². The van der Waals surface area contributed by atoms with E-state index in [4.69, 9.17) is 9.97 Å². The minimum atomic E-state index is -3.11. The molecule has 13 rings (SSSR count). The fraction of sp³-hybridized carbons (Fsp3) is 0. The number of para-hydroxylation sites is 2. The molecule has 0 N–H and O–H groups in total. The molecule has 0 fully saturated rings. The molecule has 0 atom stereocenters. The molecule has 0 bridgehead atoms. The summed E-state index contributed by atoms with van der Waals surface area (Å²) in [6, 6.07) is 95.5. The Balaban J connectivity index is 1.08. The molecule has 0 aliphatic rings. The molecule has 0 aliphatic heterocycles. The van der Waals surface area contributed by atoms with Crippen LogP contribution in [0.1, 0.15) is 0 Å². The number of nitrogens with zero attached hydrogens (tertiary/aromatic N) is 3. The predicted octanol–water partition coefficient (Wildman–Crippen LogP) is 14.0. The topological polar surface area (TPSA) is 30.7 Å². The lowest BCUT2D eigenvalue weighted by atomic mass is 10.0. The average Bonchev–Trinajstić information content (AvgIpc) is 3.98. The first-order valence-electron chi connectivity index (χ1n) is 23.5. The van der Waals surface area contributed by atoms with Gasteiger partial charge in [-0.2, -0.15) is 0 Å². The summed E-state index contributed by atoms with van der Waals surface area (Å²) in [5.41, 5.74) is 10.7. The van der Waals surface area contributed by atoms with E-state index in [0.29, 0.717) is 5.95 Å². The second-order valence-corrected chi connectivity index (χ2v) is 22.6. The third kappa shape index (κ3) is 7.02. The van der Waals surface area contributed by atoms with Gasteiger partial charge in [-0.3, -0.25) is 4.57 Å². The summed E-state index contributed by atoms with van der Waals surface area (Å²) in [4.78, 5) is 11.1. The van der Waals surface area contributed by atoms with Crippen LogP contribution in [0.2, 0.25) is 0 Å². The van der Waals surface area contributed by atoms with Crippen LogP contribution in [0, 0.1) is 0 Å². The molecule has 0 saturated heterocycles. The molecule has 69 heavy (non-hydrogen) atoms. The van der Waals surface area contributed by atoms with Gasteiger partial charge in [0.15, 0.2) is 8.07 Å². The molecule has 0 amide bonds. The zero-order valence-electron chi connectivity index (χ0n) is 37.6. The summed E-state index contributed by atoms with van der Waals surface area (Å²) < 4.78 is 4.79. The molecule has 0 spiro atoms. The summed E-state index contributed by atoms with van der Waals surface area (Å²) in [7, 11) is -3.11. The van der Waals surface area contributed by atoms with E-state index in [0.717, 1.165) is 33.5 Å². The Kier molecular flexibility index (Phi) is 10.0. The van der Waals surface area contributed by atoms with Gasteiger partial charge in [0.2, 0.25) is 5.95 Å². The lowest BCUT2D eigenvalue weighted by molar-refractivity contribution is 0.996. The molecule has 3 aromatic heterocycles. The third-order valence-electron chi connectivity index (χ3n) is 13.8. The van der Waals surface area contributed by atoms with E-state index in [1.807, 2.05) is 11.3 Å². The summed E-state index contributed by atoms with van der Waals surface area (Å²) in [6.07, 6.45) is 0. The van der Waals surface area contributed by atoms with Gasteiger partial charge in [0, 0.05) is 42.1 Å². The van der Waals surface area contributed by atoms with Crippen LogP contribution in [0.3, 0.4) is 0 Å². The first-order valence-corrected chi connectivity index (χ1v) is 26.3. The second kappa shape index (κ2) is 17.0. The van der Waals surface area contributed by atoms with Crippen LogP contribution in [0.15, 0.2) is 261 Å². The normalized spacial score (nSPS) is 11.8. The maximum Gasteiger partial charge on any atom is 0.235 e. The molecule has 0 radical (unpaired) electrons. The van der Waals surface area contributed by atoms with E-state index in [9.17, 15) is 0 Å². The van der Waals surface area contributed by atoms with Crippen molar-refractivity contribution in [2.24, 2.45) is 0 Å². The molecular weight excluding hydrogens is 871 g/mol. The Morgan fingerprint density at radius 3 is 1.29 bits per heavy atom. The van der Waals surface area contributed by atoms with Crippen LogP contribution >= 0.6 is 11.3 Å². The zero-order valence-corrected chi connectivity index (χ0v) is 39.4. The van der Waals surface area contributed by atoms with Crippen LogP contribution < -0.4 is 20.7 Å². The van der Waals surface area contributed by atoms with Crippen LogP contribution in [-0.2, 0) is 0 Å². The molecule has 10 aromatic carbocycles. The lowest BCUT2D eigenvalue weighted by Gasteiger charge is -2.35. The van der Waals surface area contributed by atoms with Gasteiger partial charge in [-0.15, -0.1) is 11.3 Å². The quantitative estimate of drug-likeness (QED) is 0.107. The fourth-order valence-electron chi connectivity index (χ4n) is 10.6. The monoisotopic (exact) mass is 913 g/mol. The third-order valence-corrected chi connectivity index (χ3v) is 19.7. The largest absolute Gasteiger partial charge is 0.278 e. The molecule has 0 aliphatic carbocycles. The van der Waals surface area contributed by atoms with Gasteiger partial charge in [-0.25, -0.2) is 9.97 Å². The van der Waals surface area contributed by atoms with Crippen LogP contribution in [0.25, 0.3) is 92.7 Å². The highest BCUT2D eigenvalue weighted by Gasteiger charge is 2.42. The molecule has 5 heteroatoms. The first-order chi connectivity index (χ1) is 34.2. The number of hydrogen-bond acceptors (Lipinski definition) is 3. The van der Waals surface area contributed by atoms with E-state index in [-0.39, 0.29) is 0 Å². The van der Waals surface area contributed by atoms with Gasteiger partial charge < -0.3 is 0 Å². The highest BCUT2D eigenvalue weighted by molar-refractivity contribution is 7.25. The molecular formula is C64H43N3SSi.